The quantitative estimate of drug-likeness (QED) is 0.667. The first-order valence-electron chi connectivity index (χ1n) is 9.68. The number of morpholine rings is 1. The highest BCUT2D eigenvalue weighted by atomic mass is 35.5. The number of benzene rings is 1. The van der Waals surface area contributed by atoms with E-state index in [0.29, 0.717) is 50.7 Å². The number of carbonyl (C=O) groups excluding carboxylic acids is 2. The van der Waals surface area contributed by atoms with E-state index in [1.165, 1.54) is 4.90 Å². The third-order valence-electron chi connectivity index (χ3n) is 5.28. The zero-order valence-electron chi connectivity index (χ0n) is 16.3. The molecule has 1 N–H and O–H groups in total. The van der Waals surface area contributed by atoms with Crippen LogP contribution in [0.4, 0.5) is 0 Å². The van der Waals surface area contributed by atoms with Gasteiger partial charge in [0.15, 0.2) is 0 Å². The van der Waals surface area contributed by atoms with E-state index in [2.05, 4.69) is 4.72 Å². The van der Waals surface area contributed by atoms with Crippen LogP contribution in [0.15, 0.2) is 24.3 Å². The number of rotatable bonds is 7. The third-order valence-corrected chi connectivity index (χ3v) is 6.92. The molecule has 2 amide bonds. The minimum Gasteiger partial charge on any atom is -0.378 e. The summed E-state index contributed by atoms with van der Waals surface area (Å²) in [6.45, 7) is 4.02. The molecule has 1 aromatic carbocycles. The number of hydrogen-bond donors (Lipinski definition) is 1. The zero-order valence-corrected chi connectivity index (χ0v) is 17.9. The molecular weight excluding hydrogens is 418 g/mol. The Bertz CT molecular complexity index is 840. The average molecular weight is 444 g/mol. The smallest absolute Gasteiger partial charge is 0.245 e. The van der Waals surface area contributed by atoms with Crippen molar-refractivity contribution in [1.82, 2.24) is 14.5 Å². The summed E-state index contributed by atoms with van der Waals surface area (Å²) in [7, 11) is -3.64. The fourth-order valence-electron chi connectivity index (χ4n) is 3.56. The molecule has 0 unspecified atom stereocenters. The summed E-state index contributed by atoms with van der Waals surface area (Å²) >= 11 is 5.84. The Balaban J connectivity index is 1.54. The summed E-state index contributed by atoms with van der Waals surface area (Å²) in [4.78, 5) is 28.5. The lowest BCUT2D eigenvalue weighted by atomic mass is 10.2. The maximum atomic E-state index is 12.7. The fraction of sp³-hybridized carbons (Fsp3) is 0.579. The van der Waals surface area contributed by atoms with Crippen molar-refractivity contribution < 1.29 is 22.7 Å². The van der Waals surface area contributed by atoms with E-state index in [1.807, 2.05) is 0 Å². The summed E-state index contributed by atoms with van der Waals surface area (Å²) in [5.41, 5.74) is 0.851. The van der Waals surface area contributed by atoms with Gasteiger partial charge in [0.1, 0.15) is 12.1 Å². The van der Waals surface area contributed by atoms with Gasteiger partial charge in [-0.25, -0.2) is 13.1 Å². The Labute approximate surface area is 176 Å². The Kier molecular flexibility index (Phi) is 7.15. The van der Waals surface area contributed by atoms with Crippen molar-refractivity contribution in [2.24, 2.45) is 0 Å². The summed E-state index contributed by atoms with van der Waals surface area (Å²) in [6, 6.07) is 5.53. The van der Waals surface area contributed by atoms with E-state index < -0.39 is 22.1 Å². The van der Waals surface area contributed by atoms with E-state index >= 15 is 0 Å². The van der Waals surface area contributed by atoms with Gasteiger partial charge in [0.05, 0.1) is 19.0 Å². The van der Waals surface area contributed by atoms with Crippen LogP contribution in [-0.4, -0.2) is 80.7 Å². The number of ether oxygens (including phenoxy) is 1. The molecule has 0 aromatic heterocycles. The lowest BCUT2D eigenvalue weighted by Crippen LogP contribution is -2.52. The van der Waals surface area contributed by atoms with Gasteiger partial charge in [-0.3, -0.25) is 9.59 Å². The largest absolute Gasteiger partial charge is 0.378 e. The zero-order chi connectivity index (χ0) is 21.0. The number of likely N-dealkylation sites (tertiary alicyclic amines) is 1. The van der Waals surface area contributed by atoms with E-state index in [9.17, 15) is 18.0 Å². The maximum Gasteiger partial charge on any atom is 0.245 e. The molecule has 3 rings (SSSR count). The van der Waals surface area contributed by atoms with Crippen LogP contribution in [0.25, 0.3) is 0 Å². The van der Waals surface area contributed by atoms with Gasteiger partial charge in [0.2, 0.25) is 21.8 Å². The topological polar surface area (TPSA) is 96.0 Å². The second kappa shape index (κ2) is 9.42. The molecule has 2 heterocycles. The van der Waals surface area contributed by atoms with Crippen molar-refractivity contribution in [3.8, 4) is 0 Å². The summed E-state index contributed by atoms with van der Waals surface area (Å²) < 4.78 is 32.6. The number of hydrogen-bond acceptors (Lipinski definition) is 5. The Morgan fingerprint density at radius 2 is 1.90 bits per heavy atom. The molecule has 0 aliphatic carbocycles. The molecule has 160 valence electrons. The number of carbonyl (C=O) groups is 2. The van der Waals surface area contributed by atoms with Gasteiger partial charge >= 0.3 is 0 Å². The molecular formula is C19H26ClN3O5S. The van der Waals surface area contributed by atoms with Crippen LogP contribution in [0, 0.1) is 0 Å². The van der Waals surface area contributed by atoms with E-state index in [-0.39, 0.29) is 17.6 Å². The first-order valence-corrected chi connectivity index (χ1v) is 11.7. The van der Waals surface area contributed by atoms with E-state index in [1.54, 1.807) is 36.1 Å². The van der Waals surface area contributed by atoms with Crippen LogP contribution in [0.3, 0.4) is 0 Å². The molecule has 8 nitrogen and oxygen atoms in total. The Hall–Kier alpha value is -1.68. The van der Waals surface area contributed by atoms with Crippen LogP contribution in [0.1, 0.15) is 18.9 Å². The van der Waals surface area contributed by atoms with Gasteiger partial charge in [0, 0.05) is 24.7 Å². The predicted molar refractivity (Wildman–Crippen MR) is 109 cm³/mol. The Morgan fingerprint density at radius 3 is 2.55 bits per heavy atom. The van der Waals surface area contributed by atoms with Crippen LogP contribution in [-0.2, 0) is 30.8 Å². The van der Waals surface area contributed by atoms with Crippen LogP contribution in [0.2, 0.25) is 5.02 Å². The highest BCUT2D eigenvalue weighted by molar-refractivity contribution is 7.89. The molecule has 2 saturated heterocycles. The molecule has 1 aromatic rings. The molecule has 2 atom stereocenters. The molecule has 2 aliphatic heterocycles. The van der Waals surface area contributed by atoms with E-state index in [0.717, 1.165) is 5.56 Å². The van der Waals surface area contributed by atoms with E-state index in [4.69, 9.17) is 16.3 Å². The van der Waals surface area contributed by atoms with Crippen LogP contribution >= 0.6 is 11.6 Å². The van der Waals surface area contributed by atoms with Gasteiger partial charge in [-0.1, -0.05) is 23.7 Å². The van der Waals surface area contributed by atoms with Gasteiger partial charge in [-0.05, 0) is 37.5 Å². The molecule has 0 saturated carbocycles. The standard InChI is InChI=1S/C19H26ClN3O5S/c1-14(18(24)22-9-11-28-12-10-22)23-8-6-17(19(23)25)21-29(26,27)13-7-15-2-4-16(20)5-3-15/h2-5,14,17,21H,6-13H2,1H3/t14-,17-/m0/s1. The summed E-state index contributed by atoms with van der Waals surface area (Å²) in [6.07, 6.45) is 0.669. The normalized spacial score (nSPS) is 21.4. The molecule has 0 radical (unpaired) electrons. The number of aryl methyl sites for hydroxylation is 1. The molecule has 29 heavy (non-hydrogen) atoms. The van der Waals surface area contributed by atoms with Gasteiger partial charge in [-0.15, -0.1) is 0 Å². The van der Waals surface area contributed by atoms with Crippen molar-refractivity contribution >= 4 is 33.4 Å². The SMILES string of the molecule is C[C@@H](C(=O)N1CCOCC1)N1CC[C@H](NS(=O)(=O)CCc2ccc(Cl)cc2)C1=O. The second-order valence-electron chi connectivity index (χ2n) is 7.30. The molecule has 2 fully saturated rings. The Morgan fingerprint density at radius 1 is 1.24 bits per heavy atom. The number of amides is 2. The van der Waals surface area contributed by atoms with Crippen molar-refractivity contribution in [2.75, 3.05) is 38.6 Å². The first kappa shape index (κ1) is 22.0. The number of halogens is 1. The first-order chi connectivity index (χ1) is 13.8. The molecule has 0 spiro atoms. The maximum absolute atomic E-state index is 12.7. The number of nitrogens with one attached hydrogen (secondary N) is 1. The van der Waals surface area contributed by atoms with Crippen molar-refractivity contribution in [3.05, 3.63) is 34.9 Å². The minimum absolute atomic E-state index is 0.124. The molecule has 2 aliphatic rings. The van der Waals surface area contributed by atoms with Gasteiger partial charge in [-0.2, -0.15) is 0 Å². The van der Waals surface area contributed by atoms with Gasteiger partial charge < -0.3 is 14.5 Å². The lowest BCUT2D eigenvalue weighted by molar-refractivity contribution is -0.146. The lowest BCUT2D eigenvalue weighted by Gasteiger charge is -2.32. The van der Waals surface area contributed by atoms with Crippen molar-refractivity contribution in [1.29, 1.82) is 0 Å². The fourth-order valence-corrected chi connectivity index (χ4v) is 4.96. The molecule has 10 heteroatoms. The number of nitrogens with zero attached hydrogens (tertiary/aromatic N) is 2. The van der Waals surface area contributed by atoms with Crippen LogP contribution in [0.5, 0.6) is 0 Å². The highest BCUT2D eigenvalue weighted by Crippen LogP contribution is 2.18. The van der Waals surface area contributed by atoms with Crippen molar-refractivity contribution in [3.63, 3.8) is 0 Å². The molecule has 0 bridgehead atoms. The van der Waals surface area contributed by atoms with Gasteiger partial charge in [0.25, 0.3) is 0 Å². The summed E-state index contributed by atoms with van der Waals surface area (Å²) in [5.74, 6) is -0.609. The highest BCUT2D eigenvalue weighted by Gasteiger charge is 2.39. The van der Waals surface area contributed by atoms with Crippen molar-refractivity contribution in [2.45, 2.75) is 31.8 Å². The van der Waals surface area contributed by atoms with Crippen LogP contribution < -0.4 is 4.72 Å². The third kappa shape index (κ3) is 5.69. The second-order valence-corrected chi connectivity index (χ2v) is 9.61. The average Bonchev–Trinajstić information content (AvgIpc) is 3.06. The predicted octanol–water partition coefficient (Wildman–Crippen LogP) is 0.650. The number of sulfonamides is 1. The minimum atomic E-state index is -3.64. The summed E-state index contributed by atoms with van der Waals surface area (Å²) in [5, 5.41) is 0.590. The monoisotopic (exact) mass is 443 g/mol.